The second-order valence-electron chi connectivity index (χ2n) is 9.16. The molecule has 4 rings (SSSR count). The first-order valence-electron chi connectivity index (χ1n) is 12.1. The van der Waals surface area contributed by atoms with Crippen molar-refractivity contribution >= 4 is 21.6 Å². The number of carbonyl (C=O) groups is 1. The highest BCUT2D eigenvalue weighted by Crippen LogP contribution is 2.42. The lowest BCUT2D eigenvalue weighted by Crippen LogP contribution is -2.47. The molecular formula is C28H31FN2O4S. The van der Waals surface area contributed by atoms with Crippen LogP contribution in [0.5, 0.6) is 5.75 Å². The molecule has 0 fully saturated rings. The zero-order valence-corrected chi connectivity index (χ0v) is 21.5. The molecule has 1 N–H and O–H groups in total. The Bertz CT molecular complexity index is 1320. The fourth-order valence-corrected chi connectivity index (χ4v) is 5.98. The van der Waals surface area contributed by atoms with E-state index in [-0.39, 0.29) is 16.6 Å². The van der Waals surface area contributed by atoms with Gasteiger partial charge in [0.2, 0.25) is 5.91 Å². The van der Waals surface area contributed by atoms with E-state index in [1.54, 1.807) is 12.1 Å². The average molecular weight is 511 g/mol. The molecular weight excluding hydrogens is 479 g/mol. The molecule has 0 unspecified atom stereocenters. The number of rotatable bonds is 8. The maximum absolute atomic E-state index is 13.6. The second-order valence-corrected chi connectivity index (χ2v) is 11.0. The van der Waals surface area contributed by atoms with E-state index in [0.717, 1.165) is 34.0 Å². The largest absolute Gasteiger partial charge is 0.487 e. The summed E-state index contributed by atoms with van der Waals surface area (Å²) in [6.07, 6.45) is 2.12. The van der Waals surface area contributed by atoms with E-state index >= 15 is 0 Å². The molecule has 0 saturated heterocycles. The molecule has 8 heteroatoms. The average Bonchev–Trinajstić information content (AvgIpc) is 2.88. The fourth-order valence-electron chi connectivity index (χ4n) is 4.56. The summed E-state index contributed by atoms with van der Waals surface area (Å²) in [5.41, 5.74) is 1.55. The van der Waals surface area contributed by atoms with Crippen molar-refractivity contribution < 1.29 is 22.3 Å². The molecule has 6 nitrogen and oxygen atoms in total. The van der Waals surface area contributed by atoms with Gasteiger partial charge in [-0.2, -0.15) is 0 Å². The first kappa shape index (κ1) is 25.7. The molecule has 3 aromatic carbocycles. The number of hydrogen-bond donors (Lipinski definition) is 1. The number of halogens is 1. The van der Waals surface area contributed by atoms with Crippen LogP contribution in [0.2, 0.25) is 0 Å². The first-order chi connectivity index (χ1) is 17.2. The molecule has 1 aliphatic rings. The van der Waals surface area contributed by atoms with Gasteiger partial charge < -0.3 is 10.1 Å². The molecule has 0 radical (unpaired) electrons. The van der Waals surface area contributed by atoms with Gasteiger partial charge in [0.15, 0.2) is 0 Å². The van der Waals surface area contributed by atoms with Gasteiger partial charge in [-0.05, 0) is 62.2 Å². The van der Waals surface area contributed by atoms with Gasteiger partial charge in [-0.15, -0.1) is 0 Å². The zero-order valence-electron chi connectivity index (χ0n) is 20.7. The van der Waals surface area contributed by atoms with Crippen molar-refractivity contribution in [3.05, 3.63) is 89.7 Å². The number of sulfonamides is 1. The molecule has 190 valence electrons. The monoisotopic (exact) mass is 510 g/mol. The Morgan fingerprint density at radius 1 is 1.03 bits per heavy atom. The maximum atomic E-state index is 13.6. The molecule has 0 bridgehead atoms. The minimum absolute atomic E-state index is 0.0534. The number of anilines is 1. The summed E-state index contributed by atoms with van der Waals surface area (Å²) in [5, 5.41) is 3.04. The highest BCUT2D eigenvalue weighted by atomic mass is 32.2. The summed E-state index contributed by atoms with van der Waals surface area (Å²) >= 11 is 0. The van der Waals surface area contributed by atoms with Crippen LogP contribution in [-0.4, -0.2) is 26.5 Å². The Hall–Kier alpha value is -3.39. The first-order valence-corrected chi connectivity index (χ1v) is 13.5. The number of carbonyl (C=O) groups excluding carboxylic acids is 1. The normalized spacial score (nSPS) is 16.5. The molecule has 0 aliphatic carbocycles. The van der Waals surface area contributed by atoms with Crippen LogP contribution >= 0.6 is 0 Å². The number of benzene rings is 3. The van der Waals surface area contributed by atoms with Gasteiger partial charge in [-0.1, -0.05) is 49.7 Å². The summed E-state index contributed by atoms with van der Waals surface area (Å²) in [6.45, 7) is 5.52. The van der Waals surface area contributed by atoms with Gasteiger partial charge in [-0.25, -0.2) is 12.8 Å². The molecule has 3 aromatic rings. The highest BCUT2D eigenvalue weighted by molar-refractivity contribution is 7.92. The second kappa shape index (κ2) is 10.3. The summed E-state index contributed by atoms with van der Waals surface area (Å²) in [7, 11) is -4.09. The van der Waals surface area contributed by atoms with Gasteiger partial charge in [0.25, 0.3) is 10.0 Å². The van der Waals surface area contributed by atoms with Gasteiger partial charge in [0.1, 0.15) is 23.7 Å². The summed E-state index contributed by atoms with van der Waals surface area (Å²) in [5.74, 6) is -0.233. The van der Waals surface area contributed by atoms with Gasteiger partial charge >= 0.3 is 0 Å². The maximum Gasteiger partial charge on any atom is 0.264 e. The highest BCUT2D eigenvalue weighted by Gasteiger charge is 2.39. The molecule has 1 atom stereocenters. The SMILES string of the molecule is CCC1(CC)C[C@H](NC(=O)CN(c2ccc(F)cc2)S(=O)(=O)c2ccc(C)cc2)c2ccccc2O1. The van der Waals surface area contributed by atoms with E-state index in [1.807, 2.05) is 31.2 Å². The quantitative estimate of drug-likeness (QED) is 0.433. The number of ether oxygens (including phenoxy) is 1. The van der Waals surface area contributed by atoms with Gasteiger partial charge in [0.05, 0.1) is 16.6 Å². The van der Waals surface area contributed by atoms with Crippen molar-refractivity contribution in [3.8, 4) is 5.75 Å². The van der Waals surface area contributed by atoms with Crippen LogP contribution in [0.25, 0.3) is 0 Å². The Morgan fingerprint density at radius 3 is 2.31 bits per heavy atom. The molecule has 0 spiro atoms. The summed E-state index contributed by atoms with van der Waals surface area (Å²) < 4.78 is 48.1. The minimum Gasteiger partial charge on any atom is -0.487 e. The fraction of sp³-hybridized carbons (Fsp3) is 0.321. The number of fused-ring (bicyclic) bond motifs is 1. The van der Waals surface area contributed by atoms with Crippen LogP contribution in [0.1, 0.15) is 50.3 Å². The van der Waals surface area contributed by atoms with E-state index in [0.29, 0.717) is 6.42 Å². The van der Waals surface area contributed by atoms with E-state index in [4.69, 9.17) is 4.74 Å². The van der Waals surface area contributed by atoms with Crippen LogP contribution in [0.15, 0.2) is 77.7 Å². The predicted molar refractivity (Wildman–Crippen MR) is 138 cm³/mol. The molecule has 1 amide bonds. The van der Waals surface area contributed by atoms with E-state index in [9.17, 15) is 17.6 Å². The van der Waals surface area contributed by atoms with E-state index in [2.05, 4.69) is 19.2 Å². The number of hydrogen-bond acceptors (Lipinski definition) is 4. The third kappa shape index (κ3) is 5.23. The number of nitrogens with one attached hydrogen (secondary N) is 1. The lowest BCUT2D eigenvalue weighted by Gasteiger charge is -2.41. The van der Waals surface area contributed by atoms with E-state index < -0.39 is 33.9 Å². The third-order valence-electron chi connectivity index (χ3n) is 6.83. The smallest absolute Gasteiger partial charge is 0.264 e. The van der Waals surface area contributed by atoms with Gasteiger partial charge in [0, 0.05) is 12.0 Å². The van der Waals surface area contributed by atoms with Crippen LogP contribution < -0.4 is 14.4 Å². The molecule has 36 heavy (non-hydrogen) atoms. The van der Waals surface area contributed by atoms with Crippen LogP contribution in [0.4, 0.5) is 10.1 Å². The molecule has 1 heterocycles. The standard InChI is InChI=1S/C28H31FN2O4S/c1-4-28(5-2)18-25(24-8-6-7-9-26(24)35-28)30-27(32)19-31(22-14-12-21(29)13-15-22)36(33,34)23-16-10-20(3)11-17-23/h6-17,25H,4-5,18-19H2,1-3H3,(H,30,32)/t25-/m0/s1. The van der Waals surface area contributed by atoms with Crippen molar-refractivity contribution in [2.24, 2.45) is 0 Å². The number of aryl methyl sites for hydroxylation is 1. The third-order valence-corrected chi connectivity index (χ3v) is 8.62. The minimum atomic E-state index is -4.09. The van der Waals surface area contributed by atoms with Crippen molar-refractivity contribution in [3.63, 3.8) is 0 Å². The number of amides is 1. The molecule has 0 saturated carbocycles. The van der Waals surface area contributed by atoms with Crippen molar-refractivity contribution in [2.75, 3.05) is 10.8 Å². The Balaban J connectivity index is 1.65. The summed E-state index contributed by atoms with van der Waals surface area (Å²) in [4.78, 5) is 13.4. The lowest BCUT2D eigenvalue weighted by atomic mass is 9.83. The summed E-state index contributed by atoms with van der Waals surface area (Å²) in [6, 6.07) is 18.7. The molecule has 0 aromatic heterocycles. The van der Waals surface area contributed by atoms with Crippen molar-refractivity contribution in [2.45, 2.75) is 56.6 Å². The van der Waals surface area contributed by atoms with Crippen molar-refractivity contribution in [1.29, 1.82) is 0 Å². The Kier molecular flexibility index (Phi) is 7.36. The van der Waals surface area contributed by atoms with Crippen LogP contribution in [0, 0.1) is 12.7 Å². The topological polar surface area (TPSA) is 75.7 Å². The Morgan fingerprint density at radius 2 is 1.67 bits per heavy atom. The van der Waals surface area contributed by atoms with Gasteiger partial charge in [-0.3, -0.25) is 9.10 Å². The van der Waals surface area contributed by atoms with Crippen molar-refractivity contribution in [1.82, 2.24) is 5.32 Å². The van der Waals surface area contributed by atoms with E-state index in [1.165, 1.54) is 36.4 Å². The number of para-hydroxylation sites is 1. The lowest BCUT2D eigenvalue weighted by molar-refractivity contribution is -0.121. The Labute approximate surface area is 212 Å². The molecule has 1 aliphatic heterocycles. The van der Waals surface area contributed by atoms with Crippen LogP contribution in [0.3, 0.4) is 0 Å². The number of nitrogens with zero attached hydrogens (tertiary/aromatic N) is 1. The zero-order chi connectivity index (χ0) is 25.9. The van der Waals surface area contributed by atoms with Crippen LogP contribution in [-0.2, 0) is 14.8 Å². The predicted octanol–water partition coefficient (Wildman–Crippen LogP) is 5.53.